The lowest BCUT2D eigenvalue weighted by atomic mass is 10.1. The van der Waals surface area contributed by atoms with Crippen LogP contribution in [0.25, 0.3) is 0 Å². The van der Waals surface area contributed by atoms with E-state index in [0.717, 1.165) is 24.8 Å². The van der Waals surface area contributed by atoms with Crippen LogP contribution in [0.1, 0.15) is 43.7 Å². The molecule has 0 unspecified atom stereocenters. The third-order valence-corrected chi connectivity index (χ3v) is 5.69. The van der Waals surface area contributed by atoms with Crippen molar-refractivity contribution >= 4 is 35.2 Å². The molecule has 0 aliphatic rings. The van der Waals surface area contributed by atoms with Gasteiger partial charge in [0.1, 0.15) is 5.75 Å². The number of aliphatic carboxylic acids is 1. The smallest absolute Gasteiger partial charge is 0.323 e. The second-order valence-electron chi connectivity index (χ2n) is 8.61. The third kappa shape index (κ3) is 10.2. The van der Waals surface area contributed by atoms with E-state index in [9.17, 15) is 19.2 Å². The maximum absolute atomic E-state index is 12.6. The zero-order valence-electron chi connectivity index (χ0n) is 21.6. The minimum Gasteiger partial charge on any atom is -0.495 e. The number of para-hydroxylation sites is 1. The van der Waals surface area contributed by atoms with E-state index in [1.807, 2.05) is 32.0 Å². The number of urea groups is 1. The zero-order chi connectivity index (χ0) is 27.2. The molecule has 0 heterocycles. The van der Waals surface area contributed by atoms with Gasteiger partial charge in [0.15, 0.2) is 0 Å². The van der Waals surface area contributed by atoms with Gasteiger partial charge in [0.25, 0.3) is 0 Å². The van der Waals surface area contributed by atoms with Crippen molar-refractivity contribution in [1.82, 2.24) is 10.2 Å². The normalized spacial score (nSPS) is 10.4. The number of ether oxygens (including phenoxy) is 1. The molecule has 0 aliphatic carbocycles. The summed E-state index contributed by atoms with van der Waals surface area (Å²) in [5, 5.41) is 17.1. The molecule has 0 saturated carbocycles. The molecular formula is C27H36N4O6. The number of nitrogens with zero attached hydrogens (tertiary/aromatic N) is 1. The fraction of sp³-hybridized carbons (Fsp3) is 0.407. The fourth-order valence-corrected chi connectivity index (χ4v) is 3.62. The Morgan fingerprint density at radius 1 is 0.973 bits per heavy atom. The molecule has 0 fully saturated rings. The van der Waals surface area contributed by atoms with Crippen molar-refractivity contribution in [3.05, 3.63) is 53.6 Å². The minimum atomic E-state index is -0.975. The second kappa shape index (κ2) is 15.1. The van der Waals surface area contributed by atoms with Crippen molar-refractivity contribution in [2.45, 2.75) is 46.0 Å². The summed E-state index contributed by atoms with van der Waals surface area (Å²) in [5.41, 5.74) is 2.69. The Morgan fingerprint density at radius 2 is 1.70 bits per heavy atom. The van der Waals surface area contributed by atoms with Crippen LogP contribution in [0.2, 0.25) is 0 Å². The van der Waals surface area contributed by atoms with Crippen LogP contribution in [0, 0.1) is 6.92 Å². The molecule has 10 nitrogen and oxygen atoms in total. The Morgan fingerprint density at radius 3 is 2.38 bits per heavy atom. The summed E-state index contributed by atoms with van der Waals surface area (Å²) in [5.74, 6) is -1.27. The molecule has 200 valence electrons. The van der Waals surface area contributed by atoms with Crippen LogP contribution < -0.4 is 20.7 Å². The van der Waals surface area contributed by atoms with Crippen molar-refractivity contribution in [2.24, 2.45) is 0 Å². The third-order valence-electron chi connectivity index (χ3n) is 5.69. The fourth-order valence-electron chi connectivity index (χ4n) is 3.62. The van der Waals surface area contributed by atoms with Crippen molar-refractivity contribution in [1.29, 1.82) is 0 Å². The van der Waals surface area contributed by atoms with Gasteiger partial charge < -0.3 is 30.7 Å². The van der Waals surface area contributed by atoms with E-state index >= 15 is 0 Å². The molecule has 0 spiro atoms. The lowest BCUT2D eigenvalue weighted by Crippen LogP contribution is -2.42. The summed E-state index contributed by atoms with van der Waals surface area (Å²) < 4.78 is 5.38. The molecule has 0 bridgehead atoms. The van der Waals surface area contributed by atoms with Gasteiger partial charge in [0.2, 0.25) is 11.8 Å². The molecule has 0 radical (unpaired) electrons. The number of hydrogen-bond acceptors (Lipinski definition) is 5. The number of carbonyl (C=O) groups excluding carboxylic acids is 3. The van der Waals surface area contributed by atoms with Gasteiger partial charge in [-0.3, -0.25) is 14.4 Å². The molecule has 4 N–H and O–H groups in total. The van der Waals surface area contributed by atoms with Gasteiger partial charge in [-0.05, 0) is 42.7 Å². The van der Waals surface area contributed by atoms with Gasteiger partial charge in [0, 0.05) is 18.8 Å². The average molecular weight is 513 g/mol. The quantitative estimate of drug-likeness (QED) is 0.284. The predicted octanol–water partition coefficient (Wildman–Crippen LogP) is 3.80. The van der Waals surface area contributed by atoms with E-state index in [-0.39, 0.29) is 37.7 Å². The maximum Gasteiger partial charge on any atom is 0.323 e. The number of unbranched alkanes of at least 4 members (excludes halogenated alkanes) is 2. The minimum absolute atomic E-state index is 0.00425. The van der Waals surface area contributed by atoms with Crippen molar-refractivity contribution < 1.29 is 29.0 Å². The lowest BCUT2D eigenvalue weighted by molar-refractivity contribution is -0.139. The molecule has 2 rings (SSSR count). The van der Waals surface area contributed by atoms with Crippen LogP contribution in [0.15, 0.2) is 42.5 Å². The summed E-state index contributed by atoms with van der Waals surface area (Å²) >= 11 is 0. The number of benzene rings is 2. The Bertz CT molecular complexity index is 1090. The first-order chi connectivity index (χ1) is 17.7. The highest BCUT2D eigenvalue weighted by atomic mass is 16.5. The van der Waals surface area contributed by atoms with Gasteiger partial charge >= 0.3 is 12.0 Å². The summed E-state index contributed by atoms with van der Waals surface area (Å²) in [6, 6.07) is 12.0. The van der Waals surface area contributed by atoms with Gasteiger partial charge in [-0.2, -0.15) is 0 Å². The van der Waals surface area contributed by atoms with Crippen LogP contribution in [0.3, 0.4) is 0 Å². The number of carboxylic acid groups (broad SMARTS) is 1. The van der Waals surface area contributed by atoms with Crippen LogP contribution in [-0.2, 0) is 20.8 Å². The first-order valence-corrected chi connectivity index (χ1v) is 12.3. The standard InChI is InChI=1S/C27H36N4O6/c1-4-5-8-14-31(15-13-26(34)35)25(33)18-28-24(32)17-20-11-12-22(23(16-20)37-3)30-27(36)29-21-10-7-6-9-19(21)2/h6-7,9-12,16H,4-5,8,13-15,17-18H2,1-3H3,(H,28,32)(H,34,35)(H2,29,30,36). The largest absolute Gasteiger partial charge is 0.495 e. The summed E-state index contributed by atoms with van der Waals surface area (Å²) in [4.78, 5) is 49.8. The SMILES string of the molecule is CCCCCN(CCC(=O)O)C(=O)CNC(=O)Cc1ccc(NC(=O)Nc2ccccc2C)c(OC)c1. The number of carboxylic acids is 1. The summed E-state index contributed by atoms with van der Waals surface area (Å²) in [6.07, 6.45) is 2.55. The predicted molar refractivity (Wildman–Crippen MR) is 142 cm³/mol. The zero-order valence-corrected chi connectivity index (χ0v) is 21.6. The number of rotatable bonds is 14. The highest BCUT2D eigenvalue weighted by Crippen LogP contribution is 2.26. The Balaban J connectivity index is 1.92. The number of methoxy groups -OCH3 is 1. The molecule has 4 amide bonds. The first-order valence-electron chi connectivity index (χ1n) is 12.3. The van der Waals surface area contributed by atoms with E-state index < -0.39 is 12.0 Å². The topological polar surface area (TPSA) is 137 Å². The highest BCUT2D eigenvalue weighted by Gasteiger charge is 2.16. The van der Waals surface area contributed by atoms with Crippen molar-refractivity contribution in [2.75, 3.05) is 37.4 Å². The van der Waals surface area contributed by atoms with Crippen LogP contribution >= 0.6 is 0 Å². The first kappa shape index (κ1) is 29.2. The molecule has 2 aromatic rings. The monoisotopic (exact) mass is 512 g/mol. The number of amides is 4. The number of hydrogen-bond donors (Lipinski definition) is 4. The van der Waals surface area contributed by atoms with Gasteiger partial charge in [-0.1, -0.05) is 44.0 Å². The van der Waals surface area contributed by atoms with E-state index in [4.69, 9.17) is 9.84 Å². The molecule has 2 aromatic carbocycles. The lowest BCUT2D eigenvalue weighted by Gasteiger charge is -2.22. The van der Waals surface area contributed by atoms with Crippen molar-refractivity contribution in [3.63, 3.8) is 0 Å². The van der Waals surface area contributed by atoms with Crippen LogP contribution in [-0.4, -0.2) is 60.6 Å². The van der Waals surface area contributed by atoms with E-state index in [0.29, 0.717) is 29.2 Å². The van der Waals surface area contributed by atoms with Gasteiger partial charge in [-0.15, -0.1) is 0 Å². The summed E-state index contributed by atoms with van der Waals surface area (Å²) in [6.45, 7) is 4.29. The van der Waals surface area contributed by atoms with Crippen molar-refractivity contribution in [3.8, 4) is 5.75 Å². The number of nitrogens with one attached hydrogen (secondary N) is 3. The van der Waals surface area contributed by atoms with Gasteiger partial charge in [-0.25, -0.2) is 4.79 Å². The Labute approximate surface area is 217 Å². The highest BCUT2D eigenvalue weighted by molar-refractivity contribution is 6.01. The molecule has 37 heavy (non-hydrogen) atoms. The molecule has 0 atom stereocenters. The van der Waals surface area contributed by atoms with Gasteiger partial charge in [0.05, 0.1) is 32.2 Å². The Hall–Kier alpha value is -4.08. The summed E-state index contributed by atoms with van der Waals surface area (Å²) in [7, 11) is 1.46. The van der Waals surface area contributed by atoms with E-state index in [1.165, 1.54) is 12.0 Å². The number of carbonyl (C=O) groups is 4. The van der Waals surface area contributed by atoms with Crippen LogP contribution in [0.4, 0.5) is 16.2 Å². The van der Waals surface area contributed by atoms with E-state index in [2.05, 4.69) is 16.0 Å². The van der Waals surface area contributed by atoms with E-state index in [1.54, 1.807) is 24.3 Å². The molecule has 0 saturated heterocycles. The average Bonchev–Trinajstić information content (AvgIpc) is 2.86. The molecule has 0 aliphatic heterocycles. The van der Waals surface area contributed by atoms with Crippen LogP contribution in [0.5, 0.6) is 5.75 Å². The maximum atomic E-state index is 12.6. The molecule has 0 aromatic heterocycles. The molecule has 10 heteroatoms. The molecular weight excluding hydrogens is 476 g/mol. The number of anilines is 2. The Kier molecular flexibility index (Phi) is 11.9. The second-order valence-corrected chi connectivity index (χ2v) is 8.61. The number of aryl methyl sites for hydroxylation is 1.